The number of hydrogen-bond donors (Lipinski definition) is 2. The smallest absolute Gasteiger partial charge is 0.245 e. The van der Waals surface area contributed by atoms with Crippen LogP contribution in [-0.4, -0.2) is 26.5 Å². The number of furan rings is 1. The molecule has 0 spiro atoms. The Labute approximate surface area is 126 Å². The molecule has 0 radical (unpaired) electrons. The third kappa shape index (κ3) is 1.99. The molecule has 112 valence electrons. The Balaban J connectivity index is 1.94. The molecule has 22 heavy (non-hydrogen) atoms. The average molecular weight is 296 g/mol. The minimum atomic E-state index is 0.241. The van der Waals surface area contributed by atoms with E-state index in [2.05, 4.69) is 20.2 Å². The third-order valence-electron chi connectivity index (χ3n) is 4.16. The molecule has 0 fully saturated rings. The van der Waals surface area contributed by atoms with Crippen molar-refractivity contribution < 1.29 is 9.52 Å². The lowest BCUT2D eigenvalue weighted by Gasteiger charge is -2.10. The molecule has 0 amide bonds. The molecule has 0 unspecified atom stereocenters. The lowest BCUT2D eigenvalue weighted by molar-refractivity contribution is 0.470. The zero-order chi connectivity index (χ0) is 15.1. The molecule has 2 aromatic heterocycles. The van der Waals surface area contributed by atoms with Crippen LogP contribution in [0.5, 0.6) is 5.75 Å². The molecule has 3 aromatic rings. The SMILES string of the molecule is Cc1cc2oc3c(c2c(C=Nc2ncn[nH]2)c1O)CCCC3. The summed E-state index contributed by atoms with van der Waals surface area (Å²) in [4.78, 5) is 8.23. The summed E-state index contributed by atoms with van der Waals surface area (Å²) in [6.45, 7) is 1.86. The summed E-state index contributed by atoms with van der Waals surface area (Å²) in [6, 6.07) is 1.90. The minimum Gasteiger partial charge on any atom is -0.507 e. The summed E-state index contributed by atoms with van der Waals surface area (Å²) < 4.78 is 6.00. The molecule has 1 aromatic carbocycles. The van der Waals surface area contributed by atoms with Crippen LogP contribution in [0.15, 0.2) is 21.8 Å². The van der Waals surface area contributed by atoms with Crippen LogP contribution in [0.1, 0.15) is 35.3 Å². The Bertz CT molecular complexity index is 862. The van der Waals surface area contributed by atoms with Crippen molar-refractivity contribution in [2.75, 3.05) is 0 Å². The Morgan fingerprint density at radius 1 is 1.36 bits per heavy atom. The number of aliphatic imine (C=N–C) groups is 1. The van der Waals surface area contributed by atoms with Gasteiger partial charge in [0.15, 0.2) is 0 Å². The van der Waals surface area contributed by atoms with Crippen molar-refractivity contribution in [2.45, 2.75) is 32.6 Å². The first-order chi connectivity index (χ1) is 10.7. The number of H-pyrrole nitrogens is 1. The molecule has 6 nitrogen and oxygen atoms in total. The Morgan fingerprint density at radius 2 is 2.23 bits per heavy atom. The number of hydrogen-bond acceptors (Lipinski definition) is 5. The Kier molecular flexibility index (Phi) is 2.96. The number of fused-ring (bicyclic) bond motifs is 3. The number of benzene rings is 1. The zero-order valence-electron chi connectivity index (χ0n) is 12.3. The van der Waals surface area contributed by atoms with Crippen LogP contribution >= 0.6 is 0 Å². The fraction of sp³-hybridized carbons (Fsp3) is 0.312. The highest BCUT2D eigenvalue weighted by molar-refractivity contribution is 6.04. The average Bonchev–Trinajstić information content (AvgIpc) is 3.15. The van der Waals surface area contributed by atoms with Gasteiger partial charge in [0.25, 0.3) is 0 Å². The van der Waals surface area contributed by atoms with E-state index in [-0.39, 0.29) is 5.75 Å². The second kappa shape index (κ2) is 4.98. The molecule has 0 bridgehead atoms. The van der Waals surface area contributed by atoms with Gasteiger partial charge in [0.1, 0.15) is 23.4 Å². The summed E-state index contributed by atoms with van der Waals surface area (Å²) in [5.74, 6) is 1.69. The van der Waals surface area contributed by atoms with Gasteiger partial charge in [0.05, 0.1) is 0 Å². The van der Waals surface area contributed by atoms with Gasteiger partial charge in [-0.1, -0.05) is 0 Å². The number of aromatic hydroxyl groups is 1. The molecule has 0 saturated carbocycles. The van der Waals surface area contributed by atoms with Crippen LogP contribution in [0.25, 0.3) is 11.0 Å². The molecule has 4 rings (SSSR count). The predicted molar refractivity (Wildman–Crippen MR) is 82.9 cm³/mol. The second-order valence-electron chi connectivity index (χ2n) is 5.61. The summed E-state index contributed by atoms with van der Waals surface area (Å²) in [7, 11) is 0. The van der Waals surface area contributed by atoms with Gasteiger partial charge in [-0.15, -0.1) is 0 Å². The summed E-state index contributed by atoms with van der Waals surface area (Å²) in [5, 5.41) is 17.9. The third-order valence-corrected chi connectivity index (χ3v) is 4.16. The second-order valence-corrected chi connectivity index (χ2v) is 5.61. The van der Waals surface area contributed by atoms with Crippen molar-refractivity contribution in [3.63, 3.8) is 0 Å². The van der Waals surface area contributed by atoms with Crippen molar-refractivity contribution in [3.05, 3.63) is 34.8 Å². The number of aromatic amines is 1. The van der Waals surface area contributed by atoms with E-state index in [1.165, 1.54) is 11.9 Å². The van der Waals surface area contributed by atoms with Gasteiger partial charge >= 0.3 is 0 Å². The van der Waals surface area contributed by atoms with Gasteiger partial charge in [0.2, 0.25) is 5.95 Å². The molecular formula is C16H16N4O2. The van der Waals surface area contributed by atoms with E-state index < -0.39 is 0 Å². The van der Waals surface area contributed by atoms with Crippen LogP contribution in [0.3, 0.4) is 0 Å². The lowest BCUT2D eigenvalue weighted by Crippen LogP contribution is -2.00. The quantitative estimate of drug-likeness (QED) is 0.711. The normalized spacial score (nSPS) is 14.8. The molecule has 0 saturated heterocycles. The predicted octanol–water partition coefficient (Wildman–Crippen LogP) is 3.19. The van der Waals surface area contributed by atoms with Crippen LogP contribution in [0.4, 0.5) is 5.95 Å². The van der Waals surface area contributed by atoms with E-state index in [1.54, 1.807) is 6.21 Å². The maximum atomic E-state index is 10.5. The van der Waals surface area contributed by atoms with Crippen LogP contribution in [-0.2, 0) is 12.8 Å². The highest BCUT2D eigenvalue weighted by Gasteiger charge is 2.22. The highest BCUT2D eigenvalue weighted by Crippen LogP contribution is 2.38. The summed E-state index contributed by atoms with van der Waals surface area (Å²) in [6.07, 6.45) is 7.28. The molecule has 2 N–H and O–H groups in total. The monoisotopic (exact) mass is 296 g/mol. The van der Waals surface area contributed by atoms with Gasteiger partial charge in [-0.05, 0) is 37.8 Å². The maximum Gasteiger partial charge on any atom is 0.245 e. The van der Waals surface area contributed by atoms with Gasteiger partial charge in [-0.3, -0.25) is 0 Å². The molecule has 2 heterocycles. The van der Waals surface area contributed by atoms with Gasteiger partial charge in [-0.25, -0.2) is 10.1 Å². The van der Waals surface area contributed by atoms with Crippen molar-refractivity contribution in [3.8, 4) is 5.75 Å². The fourth-order valence-electron chi connectivity index (χ4n) is 3.09. The molecule has 0 atom stereocenters. The van der Waals surface area contributed by atoms with Gasteiger partial charge < -0.3 is 9.52 Å². The number of aryl methyl sites for hydroxylation is 3. The van der Waals surface area contributed by atoms with E-state index in [0.717, 1.165) is 48.0 Å². The first-order valence-corrected chi connectivity index (χ1v) is 7.40. The number of phenolic OH excluding ortho intramolecular Hbond substituents is 1. The fourth-order valence-corrected chi connectivity index (χ4v) is 3.09. The lowest BCUT2D eigenvalue weighted by atomic mass is 9.93. The standard InChI is InChI=1S/C16H16N4O2/c1-9-6-13-14(10-4-2-3-5-12(10)22-13)11(15(9)21)7-17-16-18-8-19-20-16/h6-8,21H,2-5H2,1H3,(H,18,19,20). The van der Waals surface area contributed by atoms with Crippen molar-refractivity contribution >= 4 is 23.1 Å². The molecular weight excluding hydrogens is 280 g/mol. The summed E-state index contributed by atoms with van der Waals surface area (Å²) in [5.41, 5.74) is 3.49. The first kappa shape index (κ1) is 13.1. The minimum absolute atomic E-state index is 0.241. The van der Waals surface area contributed by atoms with Gasteiger partial charge in [0, 0.05) is 29.1 Å². The largest absolute Gasteiger partial charge is 0.507 e. The van der Waals surface area contributed by atoms with E-state index in [1.807, 2.05) is 13.0 Å². The maximum absolute atomic E-state index is 10.5. The number of rotatable bonds is 2. The Hall–Kier alpha value is -2.63. The molecule has 1 aliphatic carbocycles. The first-order valence-electron chi connectivity index (χ1n) is 7.40. The number of phenols is 1. The number of nitrogens with zero attached hydrogens (tertiary/aromatic N) is 3. The zero-order valence-corrected chi connectivity index (χ0v) is 12.3. The molecule has 6 heteroatoms. The van der Waals surface area contributed by atoms with Crippen LogP contribution < -0.4 is 0 Å². The van der Waals surface area contributed by atoms with Gasteiger partial charge in [-0.2, -0.15) is 10.1 Å². The van der Waals surface area contributed by atoms with E-state index in [9.17, 15) is 5.11 Å². The Morgan fingerprint density at radius 3 is 3.05 bits per heavy atom. The van der Waals surface area contributed by atoms with E-state index in [0.29, 0.717) is 11.5 Å². The highest BCUT2D eigenvalue weighted by atomic mass is 16.3. The molecule has 1 aliphatic rings. The molecule has 0 aliphatic heterocycles. The van der Waals surface area contributed by atoms with Crippen molar-refractivity contribution in [2.24, 2.45) is 4.99 Å². The number of nitrogens with one attached hydrogen (secondary N) is 1. The van der Waals surface area contributed by atoms with E-state index >= 15 is 0 Å². The summed E-state index contributed by atoms with van der Waals surface area (Å²) >= 11 is 0. The van der Waals surface area contributed by atoms with Crippen molar-refractivity contribution in [1.82, 2.24) is 15.2 Å². The van der Waals surface area contributed by atoms with Crippen LogP contribution in [0.2, 0.25) is 0 Å². The van der Waals surface area contributed by atoms with Crippen molar-refractivity contribution in [1.29, 1.82) is 0 Å². The topological polar surface area (TPSA) is 87.3 Å². The number of aromatic nitrogens is 3. The van der Waals surface area contributed by atoms with Crippen LogP contribution in [0, 0.1) is 6.92 Å². The van der Waals surface area contributed by atoms with E-state index in [4.69, 9.17) is 4.42 Å².